The predicted molar refractivity (Wildman–Crippen MR) is 95.7 cm³/mol. The monoisotopic (exact) mass is 400 g/mol. The lowest BCUT2D eigenvalue weighted by Crippen LogP contribution is -2.42. The van der Waals surface area contributed by atoms with Crippen molar-refractivity contribution in [2.45, 2.75) is 44.8 Å². The highest BCUT2D eigenvalue weighted by Gasteiger charge is 2.45. The van der Waals surface area contributed by atoms with Crippen molar-refractivity contribution in [1.29, 1.82) is 0 Å². The highest BCUT2D eigenvalue weighted by molar-refractivity contribution is 7.87. The minimum absolute atomic E-state index is 0.184. The number of methoxy groups -OCH3 is 1. The molecular weight excluding hydrogens is 376 g/mol. The van der Waals surface area contributed by atoms with Crippen molar-refractivity contribution >= 4 is 21.4 Å². The summed E-state index contributed by atoms with van der Waals surface area (Å²) in [6.45, 7) is 3.99. The molecule has 2 aromatic rings. The van der Waals surface area contributed by atoms with Crippen molar-refractivity contribution in [2.75, 3.05) is 13.7 Å². The first kappa shape index (κ1) is 20.0. The van der Waals surface area contributed by atoms with Gasteiger partial charge in [0.05, 0.1) is 12.0 Å². The van der Waals surface area contributed by atoms with Crippen LogP contribution in [0.15, 0.2) is 12.7 Å². The van der Waals surface area contributed by atoms with E-state index in [1.54, 1.807) is 10.9 Å². The summed E-state index contributed by atoms with van der Waals surface area (Å²) in [6.07, 6.45) is 0.394. The molecule has 3 rings (SSSR count). The average Bonchev–Trinajstić information content (AvgIpc) is 3.13. The Morgan fingerprint density at radius 2 is 2.15 bits per heavy atom. The Bertz CT molecular complexity index is 901. The second kappa shape index (κ2) is 7.73. The maximum atomic E-state index is 11.1. The van der Waals surface area contributed by atoms with Crippen LogP contribution in [0.5, 0.6) is 0 Å². The molecule has 0 bridgehead atoms. The van der Waals surface area contributed by atoms with E-state index < -0.39 is 34.7 Å². The fourth-order valence-electron chi connectivity index (χ4n) is 3.19. The third-order valence-electron chi connectivity index (χ3n) is 4.38. The lowest BCUT2D eigenvalue weighted by Gasteiger charge is -2.20. The van der Waals surface area contributed by atoms with Gasteiger partial charge < -0.3 is 14.6 Å². The van der Waals surface area contributed by atoms with E-state index in [2.05, 4.69) is 33.5 Å². The standard InChI is InChI=1S/C15H24N6O5S/c1-8(2)4-9-11-14(18-6-17-9)21(7-19-11)15-13(25-3)12(22)10(26-15)5-20-27(16,23)24/h6-8,10,12-13,15,20,22H,4-5H2,1-3H3,(H2,16,23,24)/t10-,12-,13+,15-/m1/s1. The molecule has 4 N–H and O–H groups in total. The number of aliphatic hydroxyl groups is 1. The highest BCUT2D eigenvalue weighted by Crippen LogP contribution is 2.33. The topological polar surface area (TPSA) is 154 Å². The lowest BCUT2D eigenvalue weighted by atomic mass is 10.1. The van der Waals surface area contributed by atoms with Gasteiger partial charge in [-0.3, -0.25) is 4.57 Å². The minimum atomic E-state index is -3.90. The predicted octanol–water partition coefficient (Wildman–Crippen LogP) is -0.909. The van der Waals surface area contributed by atoms with E-state index in [9.17, 15) is 13.5 Å². The quantitative estimate of drug-likeness (QED) is 0.540. The van der Waals surface area contributed by atoms with Crippen LogP contribution < -0.4 is 9.86 Å². The third kappa shape index (κ3) is 4.25. The molecule has 2 aromatic heterocycles. The van der Waals surface area contributed by atoms with Gasteiger partial charge >= 0.3 is 0 Å². The van der Waals surface area contributed by atoms with Crippen LogP contribution in [0.25, 0.3) is 11.2 Å². The Morgan fingerprint density at radius 3 is 2.78 bits per heavy atom. The van der Waals surface area contributed by atoms with Gasteiger partial charge in [0.25, 0.3) is 10.2 Å². The zero-order valence-electron chi connectivity index (χ0n) is 15.3. The molecule has 11 nitrogen and oxygen atoms in total. The van der Waals surface area contributed by atoms with Gasteiger partial charge in [0.1, 0.15) is 30.2 Å². The Balaban J connectivity index is 1.90. The van der Waals surface area contributed by atoms with Gasteiger partial charge in [-0.25, -0.2) is 20.1 Å². The van der Waals surface area contributed by atoms with Crippen molar-refractivity contribution in [3.8, 4) is 0 Å². The largest absolute Gasteiger partial charge is 0.387 e. The molecule has 0 aromatic carbocycles. The summed E-state index contributed by atoms with van der Waals surface area (Å²) in [7, 11) is -2.46. The Morgan fingerprint density at radius 1 is 1.41 bits per heavy atom. The van der Waals surface area contributed by atoms with E-state index in [1.165, 1.54) is 13.4 Å². The molecule has 4 atom stereocenters. The van der Waals surface area contributed by atoms with Crippen LogP contribution in [0.2, 0.25) is 0 Å². The number of rotatable bonds is 7. The normalized spacial score (nSPS) is 26.3. The number of nitrogens with zero attached hydrogens (tertiary/aromatic N) is 4. The number of nitrogens with two attached hydrogens (primary N) is 1. The van der Waals surface area contributed by atoms with Crippen LogP contribution in [0.1, 0.15) is 25.8 Å². The zero-order valence-corrected chi connectivity index (χ0v) is 16.1. The van der Waals surface area contributed by atoms with Crippen molar-refractivity contribution in [2.24, 2.45) is 11.1 Å². The van der Waals surface area contributed by atoms with Crippen molar-refractivity contribution in [1.82, 2.24) is 24.2 Å². The van der Waals surface area contributed by atoms with Crippen molar-refractivity contribution in [3.63, 3.8) is 0 Å². The molecule has 12 heteroatoms. The maximum absolute atomic E-state index is 11.1. The Kier molecular flexibility index (Phi) is 5.74. The van der Waals surface area contributed by atoms with Crippen LogP contribution in [-0.2, 0) is 26.1 Å². The fraction of sp³-hybridized carbons (Fsp3) is 0.667. The molecule has 3 heterocycles. The maximum Gasteiger partial charge on any atom is 0.274 e. The van der Waals surface area contributed by atoms with Crippen LogP contribution in [0.4, 0.5) is 0 Å². The van der Waals surface area contributed by atoms with Crippen LogP contribution >= 0.6 is 0 Å². The molecule has 0 spiro atoms. The third-order valence-corrected chi connectivity index (χ3v) is 4.95. The first-order chi connectivity index (χ1) is 12.7. The number of hydrogen-bond donors (Lipinski definition) is 3. The molecule has 0 saturated carbocycles. The molecule has 150 valence electrons. The molecule has 0 aliphatic carbocycles. The van der Waals surface area contributed by atoms with E-state index in [-0.39, 0.29) is 6.54 Å². The number of fused-ring (bicyclic) bond motifs is 1. The fourth-order valence-corrected chi connectivity index (χ4v) is 3.58. The molecule has 1 saturated heterocycles. The number of ether oxygens (including phenoxy) is 2. The average molecular weight is 400 g/mol. The van der Waals surface area contributed by atoms with Crippen molar-refractivity contribution in [3.05, 3.63) is 18.3 Å². The molecule has 0 unspecified atom stereocenters. The minimum Gasteiger partial charge on any atom is -0.387 e. The SMILES string of the molecule is CO[C@H]1[C@H](O)[C@@H](CNS(N)(=O)=O)O[C@H]1n1cnc2c(CC(C)C)ncnc21. The van der Waals surface area contributed by atoms with E-state index in [4.69, 9.17) is 14.6 Å². The van der Waals surface area contributed by atoms with Gasteiger partial charge in [-0.2, -0.15) is 13.1 Å². The summed E-state index contributed by atoms with van der Waals surface area (Å²) in [6, 6.07) is 0. The van der Waals surface area contributed by atoms with Crippen LogP contribution in [0.3, 0.4) is 0 Å². The van der Waals surface area contributed by atoms with E-state index >= 15 is 0 Å². The first-order valence-corrected chi connectivity index (χ1v) is 10.1. The number of imidazole rings is 1. The number of nitrogens with one attached hydrogen (secondary N) is 1. The highest BCUT2D eigenvalue weighted by atomic mass is 32.2. The summed E-state index contributed by atoms with van der Waals surface area (Å²) < 4.78 is 37.3. The van der Waals surface area contributed by atoms with Gasteiger partial charge in [-0.1, -0.05) is 13.8 Å². The van der Waals surface area contributed by atoms with Crippen molar-refractivity contribution < 1.29 is 23.0 Å². The lowest BCUT2D eigenvalue weighted by molar-refractivity contribution is -0.0485. The number of aromatic nitrogens is 4. The van der Waals surface area contributed by atoms with Gasteiger partial charge in [0.2, 0.25) is 0 Å². The van der Waals surface area contributed by atoms with Gasteiger partial charge in [-0.05, 0) is 12.3 Å². The van der Waals surface area contributed by atoms with E-state index in [0.717, 1.165) is 12.1 Å². The van der Waals surface area contributed by atoms with Crippen LogP contribution in [0, 0.1) is 5.92 Å². The molecule has 27 heavy (non-hydrogen) atoms. The molecule has 0 amide bonds. The molecule has 1 aliphatic heterocycles. The van der Waals surface area contributed by atoms with Crippen LogP contribution in [-0.4, -0.2) is 65.0 Å². The summed E-state index contributed by atoms with van der Waals surface area (Å²) in [5.41, 5.74) is 2.04. The second-order valence-corrected chi connectivity index (χ2v) is 8.27. The Hall–Kier alpha value is -1.70. The van der Waals surface area contributed by atoms with E-state index in [1.807, 2.05) is 0 Å². The van der Waals surface area contributed by atoms with Gasteiger partial charge in [0.15, 0.2) is 11.9 Å². The molecular formula is C15H24N6O5S. The van der Waals surface area contributed by atoms with Gasteiger partial charge in [-0.15, -0.1) is 0 Å². The van der Waals surface area contributed by atoms with Gasteiger partial charge in [0, 0.05) is 13.7 Å². The number of aliphatic hydroxyl groups excluding tert-OH is 1. The second-order valence-electron chi connectivity index (χ2n) is 6.89. The zero-order chi connectivity index (χ0) is 19.8. The molecule has 0 radical (unpaired) electrons. The Labute approximate surface area is 157 Å². The summed E-state index contributed by atoms with van der Waals surface area (Å²) in [4.78, 5) is 13.0. The summed E-state index contributed by atoms with van der Waals surface area (Å²) >= 11 is 0. The first-order valence-electron chi connectivity index (χ1n) is 8.51. The smallest absolute Gasteiger partial charge is 0.274 e. The molecule has 1 fully saturated rings. The number of hydrogen-bond acceptors (Lipinski definition) is 8. The molecule has 1 aliphatic rings. The summed E-state index contributed by atoms with van der Waals surface area (Å²) in [5, 5.41) is 15.4. The van der Waals surface area contributed by atoms with E-state index in [0.29, 0.717) is 17.1 Å². The summed E-state index contributed by atoms with van der Waals surface area (Å²) in [5.74, 6) is 0.401.